The summed E-state index contributed by atoms with van der Waals surface area (Å²) in [6, 6.07) is 0.612. The number of hydrogen-bond acceptors (Lipinski definition) is 5. The third-order valence-corrected chi connectivity index (χ3v) is 4.81. The first-order valence-electron chi connectivity index (χ1n) is 9.37. The van der Waals surface area contributed by atoms with E-state index in [1.807, 2.05) is 14.0 Å². The summed E-state index contributed by atoms with van der Waals surface area (Å²) in [6.45, 7) is 3.42. The second-order valence-corrected chi connectivity index (χ2v) is 6.51. The van der Waals surface area contributed by atoms with Crippen LogP contribution in [0.15, 0.2) is 0 Å². The molecule has 0 amide bonds. The van der Waals surface area contributed by atoms with Crippen molar-refractivity contribution in [2.45, 2.75) is 70.8 Å². The maximum atomic E-state index is 11.0. The first kappa shape index (κ1) is 23.2. The number of nitrogens with one attached hydrogen (secondary N) is 1. The van der Waals surface area contributed by atoms with Crippen LogP contribution in [0.4, 0.5) is 0 Å². The SMILES string of the molecule is CCC(=O)C1CC(NC)C1.CO.O=CCCOCC1CCCCC1. The molecule has 0 aromatic heterocycles. The second-order valence-electron chi connectivity index (χ2n) is 6.51. The maximum Gasteiger partial charge on any atom is 0.135 e. The quantitative estimate of drug-likeness (QED) is 0.523. The van der Waals surface area contributed by atoms with Crippen molar-refractivity contribution < 1.29 is 19.4 Å². The van der Waals surface area contributed by atoms with Crippen LogP contribution in [-0.4, -0.2) is 50.6 Å². The molecule has 0 heterocycles. The molecule has 0 aromatic rings. The molecule has 0 radical (unpaired) electrons. The highest BCUT2D eigenvalue weighted by Crippen LogP contribution is 2.28. The molecule has 2 rings (SSSR count). The first-order chi connectivity index (χ1) is 11.7. The molecule has 2 aliphatic carbocycles. The molecular formula is C19H37NO4. The summed E-state index contributed by atoms with van der Waals surface area (Å²) in [5.74, 6) is 1.58. The average Bonchev–Trinajstić information content (AvgIpc) is 2.61. The van der Waals surface area contributed by atoms with E-state index >= 15 is 0 Å². The van der Waals surface area contributed by atoms with Crippen LogP contribution in [0.2, 0.25) is 0 Å². The molecule has 0 saturated heterocycles. The van der Waals surface area contributed by atoms with Gasteiger partial charge >= 0.3 is 0 Å². The molecule has 5 heteroatoms. The highest BCUT2D eigenvalue weighted by atomic mass is 16.5. The number of carbonyl (C=O) groups excluding carboxylic acids is 2. The van der Waals surface area contributed by atoms with Crippen molar-refractivity contribution in [3.8, 4) is 0 Å². The van der Waals surface area contributed by atoms with Gasteiger partial charge in [0.2, 0.25) is 0 Å². The topological polar surface area (TPSA) is 75.6 Å². The minimum Gasteiger partial charge on any atom is -0.400 e. The molecular weight excluding hydrogens is 306 g/mol. The lowest BCUT2D eigenvalue weighted by Crippen LogP contribution is -2.42. The number of ether oxygens (including phenoxy) is 1. The second kappa shape index (κ2) is 15.7. The van der Waals surface area contributed by atoms with Gasteiger partial charge in [0.05, 0.1) is 6.61 Å². The molecule has 0 spiro atoms. The van der Waals surface area contributed by atoms with E-state index in [4.69, 9.17) is 9.84 Å². The van der Waals surface area contributed by atoms with Crippen molar-refractivity contribution in [1.29, 1.82) is 0 Å². The third-order valence-electron chi connectivity index (χ3n) is 4.81. The molecule has 2 N–H and O–H groups in total. The summed E-state index contributed by atoms with van der Waals surface area (Å²) in [6.07, 6.45) is 11.1. The zero-order valence-electron chi connectivity index (χ0n) is 15.8. The molecule has 5 nitrogen and oxygen atoms in total. The Balaban J connectivity index is 0.000000405. The van der Waals surface area contributed by atoms with Gasteiger partial charge < -0.3 is 20.0 Å². The van der Waals surface area contributed by atoms with Gasteiger partial charge in [0.1, 0.15) is 12.1 Å². The molecule has 0 bridgehead atoms. The molecule has 2 aliphatic rings. The highest BCUT2D eigenvalue weighted by molar-refractivity contribution is 5.81. The van der Waals surface area contributed by atoms with Crippen LogP contribution in [0.1, 0.15) is 64.7 Å². The van der Waals surface area contributed by atoms with Gasteiger partial charge in [-0.15, -0.1) is 0 Å². The van der Waals surface area contributed by atoms with Crippen LogP contribution in [0, 0.1) is 11.8 Å². The van der Waals surface area contributed by atoms with E-state index in [0.717, 1.165) is 38.8 Å². The maximum absolute atomic E-state index is 11.0. The number of aldehydes is 1. The van der Waals surface area contributed by atoms with Crippen molar-refractivity contribution in [3.63, 3.8) is 0 Å². The molecule has 142 valence electrons. The Labute approximate surface area is 147 Å². The molecule has 2 fully saturated rings. The predicted molar refractivity (Wildman–Crippen MR) is 97.1 cm³/mol. The molecule has 2 saturated carbocycles. The summed E-state index contributed by atoms with van der Waals surface area (Å²) in [5, 5.41) is 10.2. The van der Waals surface area contributed by atoms with Crippen molar-refractivity contribution in [1.82, 2.24) is 5.32 Å². The Morgan fingerprint density at radius 2 is 1.83 bits per heavy atom. The zero-order valence-corrected chi connectivity index (χ0v) is 15.8. The number of Topliss-reactive ketones (excluding diaryl/α,β-unsaturated/α-hetero) is 1. The fourth-order valence-electron chi connectivity index (χ4n) is 3.14. The van der Waals surface area contributed by atoms with E-state index in [-0.39, 0.29) is 0 Å². The van der Waals surface area contributed by atoms with Gasteiger partial charge in [-0.1, -0.05) is 26.2 Å². The van der Waals surface area contributed by atoms with Crippen LogP contribution < -0.4 is 5.32 Å². The van der Waals surface area contributed by atoms with E-state index < -0.39 is 0 Å². The van der Waals surface area contributed by atoms with Gasteiger partial charge in [-0.2, -0.15) is 0 Å². The fraction of sp³-hybridized carbons (Fsp3) is 0.895. The number of carbonyl (C=O) groups is 2. The first-order valence-corrected chi connectivity index (χ1v) is 9.37. The Bertz CT molecular complexity index is 310. The number of aliphatic hydroxyl groups is 1. The van der Waals surface area contributed by atoms with E-state index in [2.05, 4.69) is 5.32 Å². The monoisotopic (exact) mass is 343 g/mol. The van der Waals surface area contributed by atoms with Crippen LogP contribution in [0.25, 0.3) is 0 Å². The number of rotatable bonds is 8. The molecule has 24 heavy (non-hydrogen) atoms. The number of aliphatic hydroxyl groups excluding tert-OH is 1. The van der Waals surface area contributed by atoms with Gasteiger partial charge in [0.25, 0.3) is 0 Å². The summed E-state index contributed by atoms with van der Waals surface area (Å²) in [5.41, 5.74) is 0. The van der Waals surface area contributed by atoms with Crippen molar-refractivity contribution >= 4 is 12.1 Å². The van der Waals surface area contributed by atoms with Crippen LogP contribution in [0.3, 0.4) is 0 Å². The van der Waals surface area contributed by atoms with E-state index in [1.165, 1.54) is 32.1 Å². The minimum atomic E-state index is 0.377. The lowest BCUT2D eigenvalue weighted by atomic mass is 9.77. The van der Waals surface area contributed by atoms with E-state index in [0.29, 0.717) is 37.2 Å². The van der Waals surface area contributed by atoms with E-state index in [1.54, 1.807) is 0 Å². The Kier molecular flexibility index (Phi) is 15.2. The van der Waals surface area contributed by atoms with Crippen molar-refractivity contribution in [2.75, 3.05) is 27.4 Å². The van der Waals surface area contributed by atoms with Gasteiger partial charge in [0.15, 0.2) is 0 Å². The van der Waals surface area contributed by atoms with Crippen LogP contribution in [-0.2, 0) is 14.3 Å². The third kappa shape index (κ3) is 10.2. The normalized spacial score (nSPS) is 23.0. The molecule has 0 atom stereocenters. The fourth-order valence-corrected chi connectivity index (χ4v) is 3.14. The Morgan fingerprint density at radius 3 is 2.33 bits per heavy atom. The summed E-state index contributed by atoms with van der Waals surface area (Å²) >= 11 is 0. The lowest BCUT2D eigenvalue weighted by molar-refractivity contribution is -0.125. The predicted octanol–water partition coefficient (Wildman–Crippen LogP) is 2.74. The molecule has 0 aliphatic heterocycles. The smallest absolute Gasteiger partial charge is 0.135 e. The van der Waals surface area contributed by atoms with Crippen molar-refractivity contribution in [3.05, 3.63) is 0 Å². The molecule has 0 unspecified atom stereocenters. The average molecular weight is 344 g/mol. The summed E-state index contributed by atoms with van der Waals surface area (Å²) in [7, 11) is 2.96. The van der Waals surface area contributed by atoms with Gasteiger partial charge in [0, 0.05) is 38.5 Å². The van der Waals surface area contributed by atoms with Crippen LogP contribution in [0.5, 0.6) is 0 Å². The van der Waals surface area contributed by atoms with Gasteiger partial charge in [-0.3, -0.25) is 4.79 Å². The number of hydrogen-bond donors (Lipinski definition) is 2. The Hall–Kier alpha value is -0.780. The number of ketones is 1. The van der Waals surface area contributed by atoms with Gasteiger partial charge in [-0.05, 0) is 38.6 Å². The standard InChI is InChI=1S/C10H18O2.C8H15NO.CH4O/c11-7-4-8-12-9-10-5-2-1-3-6-10;1-3-8(10)6-4-7(5-6)9-2;1-2/h7,10H,1-6,8-9H2;6-7,9H,3-5H2,1-2H3;2H,1H3. The van der Waals surface area contributed by atoms with E-state index in [9.17, 15) is 9.59 Å². The zero-order chi connectivity index (χ0) is 18.2. The minimum absolute atomic E-state index is 0.377. The lowest BCUT2D eigenvalue weighted by Gasteiger charge is -2.33. The largest absolute Gasteiger partial charge is 0.400 e. The van der Waals surface area contributed by atoms with Gasteiger partial charge in [-0.25, -0.2) is 0 Å². The summed E-state index contributed by atoms with van der Waals surface area (Å²) < 4.78 is 5.38. The molecule has 0 aromatic carbocycles. The van der Waals surface area contributed by atoms with Crippen molar-refractivity contribution in [2.24, 2.45) is 11.8 Å². The Morgan fingerprint density at radius 1 is 1.21 bits per heavy atom. The summed E-state index contributed by atoms with van der Waals surface area (Å²) in [4.78, 5) is 21.0. The highest BCUT2D eigenvalue weighted by Gasteiger charge is 2.31. The van der Waals surface area contributed by atoms with Crippen LogP contribution >= 0.6 is 0 Å².